The molecule has 0 aliphatic rings. The summed E-state index contributed by atoms with van der Waals surface area (Å²) in [7, 11) is 0. The van der Waals surface area contributed by atoms with Crippen LogP contribution in [0.25, 0.3) is 0 Å². The first-order chi connectivity index (χ1) is 4.72. The molecule has 0 heterocycles. The van der Waals surface area contributed by atoms with Gasteiger partial charge in [0.1, 0.15) is 0 Å². The summed E-state index contributed by atoms with van der Waals surface area (Å²) in [5, 5.41) is 0.580. The van der Waals surface area contributed by atoms with Crippen LogP contribution in [0.2, 0.25) is 0 Å². The molecule has 0 aromatic heterocycles. The van der Waals surface area contributed by atoms with E-state index in [2.05, 4.69) is 33.4 Å². The molecule has 0 aliphatic heterocycles. The predicted octanol–water partition coefficient (Wildman–Crippen LogP) is 3.52. The molecule has 0 spiro atoms. The second-order valence-corrected chi connectivity index (χ2v) is 3.87. The summed E-state index contributed by atoms with van der Waals surface area (Å²) in [6.07, 6.45) is 5.32. The van der Waals surface area contributed by atoms with E-state index in [9.17, 15) is 0 Å². The monoisotopic (exact) mass is 160 g/mol. The molecule has 0 nitrogen and oxygen atoms in total. The quantitative estimate of drug-likeness (QED) is 0.584. The largest absolute Gasteiger partial charge is 0.176 e. The minimum atomic E-state index is 0.580. The van der Waals surface area contributed by atoms with Crippen molar-refractivity contribution in [1.82, 2.24) is 0 Å². The SMILES string of the molecule is CCCCC(CC)C(C)S. The Labute approximate surface area is 70.8 Å². The van der Waals surface area contributed by atoms with Crippen molar-refractivity contribution < 1.29 is 0 Å². The Balaban J connectivity index is 3.40. The van der Waals surface area contributed by atoms with Crippen molar-refractivity contribution in [3.05, 3.63) is 0 Å². The lowest BCUT2D eigenvalue weighted by molar-refractivity contribution is 0.450. The van der Waals surface area contributed by atoms with Gasteiger partial charge in [0.25, 0.3) is 0 Å². The molecule has 2 unspecified atom stereocenters. The summed E-state index contributed by atoms with van der Waals surface area (Å²) < 4.78 is 0. The third kappa shape index (κ3) is 4.21. The second kappa shape index (κ2) is 6.09. The van der Waals surface area contributed by atoms with Crippen LogP contribution in [0, 0.1) is 5.92 Å². The van der Waals surface area contributed by atoms with Gasteiger partial charge in [0.05, 0.1) is 0 Å². The van der Waals surface area contributed by atoms with Crippen LogP contribution < -0.4 is 0 Å². The average Bonchev–Trinajstić information content (AvgIpc) is 1.89. The summed E-state index contributed by atoms with van der Waals surface area (Å²) in [5.41, 5.74) is 0. The minimum absolute atomic E-state index is 0.580. The summed E-state index contributed by atoms with van der Waals surface area (Å²) in [6, 6.07) is 0. The molecule has 0 N–H and O–H groups in total. The number of hydrogen-bond donors (Lipinski definition) is 1. The summed E-state index contributed by atoms with van der Waals surface area (Å²) in [6.45, 7) is 6.70. The molecular formula is C9H20S. The molecule has 0 amide bonds. The zero-order valence-electron chi connectivity index (χ0n) is 7.43. The number of thiol groups is 1. The summed E-state index contributed by atoms with van der Waals surface area (Å²) >= 11 is 4.45. The Hall–Kier alpha value is 0.350. The standard InChI is InChI=1S/C9H20S/c1-4-6-7-9(5-2)8(3)10/h8-10H,4-7H2,1-3H3. The first-order valence-corrected chi connectivity index (χ1v) is 4.92. The van der Waals surface area contributed by atoms with Crippen molar-refractivity contribution in [1.29, 1.82) is 0 Å². The van der Waals surface area contributed by atoms with Crippen LogP contribution in [0.15, 0.2) is 0 Å². The third-order valence-corrected chi connectivity index (χ3v) is 2.56. The lowest BCUT2D eigenvalue weighted by atomic mass is 9.96. The maximum Gasteiger partial charge on any atom is 0.00166 e. The average molecular weight is 160 g/mol. The van der Waals surface area contributed by atoms with Crippen molar-refractivity contribution in [2.45, 2.75) is 51.7 Å². The zero-order chi connectivity index (χ0) is 7.98. The van der Waals surface area contributed by atoms with E-state index in [-0.39, 0.29) is 0 Å². The smallest absolute Gasteiger partial charge is 0.00166 e. The first kappa shape index (κ1) is 10.3. The highest BCUT2D eigenvalue weighted by Crippen LogP contribution is 2.19. The fourth-order valence-electron chi connectivity index (χ4n) is 1.25. The molecule has 0 bridgehead atoms. The Bertz CT molecular complexity index is 69.1. The van der Waals surface area contributed by atoms with Crippen molar-refractivity contribution >= 4 is 12.6 Å². The molecule has 1 heteroatoms. The van der Waals surface area contributed by atoms with Crippen LogP contribution >= 0.6 is 12.6 Å². The number of unbranched alkanes of at least 4 members (excludes halogenated alkanes) is 1. The van der Waals surface area contributed by atoms with Gasteiger partial charge in [-0.1, -0.05) is 40.0 Å². The van der Waals surface area contributed by atoms with E-state index in [0.717, 1.165) is 5.92 Å². The Kier molecular flexibility index (Phi) is 6.30. The molecule has 0 rings (SSSR count). The summed E-state index contributed by atoms with van der Waals surface area (Å²) in [5.74, 6) is 0.836. The van der Waals surface area contributed by atoms with Gasteiger partial charge in [-0.15, -0.1) is 0 Å². The Morgan fingerprint density at radius 1 is 1.30 bits per heavy atom. The van der Waals surface area contributed by atoms with Crippen LogP contribution in [-0.2, 0) is 0 Å². The maximum atomic E-state index is 4.45. The van der Waals surface area contributed by atoms with Crippen molar-refractivity contribution in [2.24, 2.45) is 5.92 Å². The van der Waals surface area contributed by atoms with E-state index in [0.29, 0.717) is 5.25 Å². The van der Waals surface area contributed by atoms with Gasteiger partial charge >= 0.3 is 0 Å². The van der Waals surface area contributed by atoms with Gasteiger partial charge in [-0.2, -0.15) is 12.6 Å². The van der Waals surface area contributed by atoms with E-state index in [4.69, 9.17) is 0 Å². The molecule has 0 aromatic rings. The van der Waals surface area contributed by atoms with E-state index in [1.807, 2.05) is 0 Å². The maximum absolute atomic E-state index is 4.45. The van der Waals surface area contributed by atoms with E-state index in [1.165, 1.54) is 25.7 Å². The molecular weight excluding hydrogens is 140 g/mol. The molecule has 0 radical (unpaired) electrons. The highest BCUT2D eigenvalue weighted by molar-refractivity contribution is 7.80. The van der Waals surface area contributed by atoms with Crippen LogP contribution in [-0.4, -0.2) is 5.25 Å². The minimum Gasteiger partial charge on any atom is -0.176 e. The fraction of sp³-hybridized carbons (Fsp3) is 1.00. The molecule has 0 saturated carbocycles. The van der Waals surface area contributed by atoms with Gasteiger partial charge in [0.15, 0.2) is 0 Å². The van der Waals surface area contributed by atoms with E-state index < -0.39 is 0 Å². The zero-order valence-corrected chi connectivity index (χ0v) is 8.32. The lowest BCUT2D eigenvalue weighted by Crippen LogP contribution is -2.09. The Morgan fingerprint density at radius 2 is 1.90 bits per heavy atom. The third-order valence-electron chi connectivity index (χ3n) is 2.14. The highest BCUT2D eigenvalue weighted by atomic mass is 32.1. The van der Waals surface area contributed by atoms with Crippen LogP contribution in [0.1, 0.15) is 46.5 Å². The molecule has 0 aliphatic carbocycles. The molecule has 0 saturated heterocycles. The van der Waals surface area contributed by atoms with Crippen LogP contribution in [0.4, 0.5) is 0 Å². The molecule has 2 atom stereocenters. The van der Waals surface area contributed by atoms with E-state index in [1.54, 1.807) is 0 Å². The van der Waals surface area contributed by atoms with Crippen LogP contribution in [0.3, 0.4) is 0 Å². The van der Waals surface area contributed by atoms with Crippen molar-refractivity contribution in [3.63, 3.8) is 0 Å². The first-order valence-electron chi connectivity index (χ1n) is 4.40. The van der Waals surface area contributed by atoms with Crippen molar-refractivity contribution in [3.8, 4) is 0 Å². The molecule has 10 heavy (non-hydrogen) atoms. The normalized spacial score (nSPS) is 16.8. The predicted molar refractivity (Wildman–Crippen MR) is 51.8 cm³/mol. The second-order valence-electron chi connectivity index (χ2n) is 3.05. The number of hydrogen-bond acceptors (Lipinski definition) is 1. The van der Waals surface area contributed by atoms with Gasteiger partial charge in [0, 0.05) is 5.25 Å². The Morgan fingerprint density at radius 3 is 2.20 bits per heavy atom. The lowest BCUT2D eigenvalue weighted by Gasteiger charge is -2.17. The molecule has 62 valence electrons. The van der Waals surface area contributed by atoms with Crippen molar-refractivity contribution in [2.75, 3.05) is 0 Å². The fourth-order valence-corrected chi connectivity index (χ4v) is 1.61. The molecule has 0 aromatic carbocycles. The topological polar surface area (TPSA) is 0 Å². The van der Waals surface area contributed by atoms with Gasteiger partial charge < -0.3 is 0 Å². The van der Waals surface area contributed by atoms with Gasteiger partial charge in [-0.25, -0.2) is 0 Å². The summed E-state index contributed by atoms with van der Waals surface area (Å²) in [4.78, 5) is 0. The highest BCUT2D eigenvalue weighted by Gasteiger charge is 2.09. The van der Waals surface area contributed by atoms with Gasteiger partial charge in [-0.3, -0.25) is 0 Å². The molecule has 0 fully saturated rings. The van der Waals surface area contributed by atoms with Crippen LogP contribution in [0.5, 0.6) is 0 Å². The number of rotatable bonds is 5. The van der Waals surface area contributed by atoms with Gasteiger partial charge in [-0.05, 0) is 12.3 Å². The van der Waals surface area contributed by atoms with Gasteiger partial charge in [0.2, 0.25) is 0 Å². The van der Waals surface area contributed by atoms with E-state index >= 15 is 0 Å².